The molecule has 0 spiro atoms. The predicted molar refractivity (Wildman–Crippen MR) is 135 cm³/mol. The van der Waals surface area contributed by atoms with Gasteiger partial charge in [-0.3, -0.25) is 4.79 Å². The summed E-state index contributed by atoms with van der Waals surface area (Å²) < 4.78 is 13.1. The van der Waals surface area contributed by atoms with Gasteiger partial charge in [-0.1, -0.05) is 26.8 Å². The highest BCUT2D eigenvalue weighted by molar-refractivity contribution is 6.02. The zero-order valence-electron chi connectivity index (χ0n) is 19.9. The fourth-order valence-corrected chi connectivity index (χ4v) is 4.81. The second kappa shape index (κ2) is 8.32. The number of amides is 1. The summed E-state index contributed by atoms with van der Waals surface area (Å²) in [5.41, 5.74) is 3.20. The number of hydrogen-bond donors (Lipinski definition) is 3. The average molecular weight is 469 g/mol. The lowest BCUT2D eigenvalue weighted by Crippen LogP contribution is -2.27. The van der Waals surface area contributed by atoms with E-state index in [4.69, 9.17) is 9.47 Å². The van der Waals surface area contributed by atoms with Crippen molar-refractivity contribution < 1.29 is 27.3 Å². The number of fused-ring (bicyclic) bond motifs is 2. The van der Waals surface area contributed by atoms with Gasteiger partial charge in [-0.2, -0.15) is 0 Å². The summed E-state index contributed by atoms with van der Waals surface area (Å²) in [5.74, 6) is 1.17. The highest BCUT2D eigenvalue weighted by Gasteiger charge is 2.51. The molecule has 3 aromatic rings. The number of nitrogens with zero attached hydrogens (tertiary/aromatic N) is 1. The van der Waals surface area contributed by atoms with Crippen LogP contribution in [0.3, 0.4) is 0 Å². The second-order valence-electron chi connectivity index (χ2n) is 10.5. The van der Waals surface area contributed by atoms with E-state index >= 15 is 0 Å². The molecule has 1 saturated carbocycles. The SMILES string of the molecule is CC(C)(C)c1cc2cc(NC(=O)C3(c4ccc5c(c4)OCO5)CC3)ccc2n1CC(CO)CO.[HH].[HH]. The molecular formula is C27H36N2O5. The maximum Gasteiger partial charge on any atom is 0.235 e. The molecule has 0 saturated heterocycles. The van der Waals surface area contributed by atoms with E-state index < -0.39 is 5.41 Å². The zero-order valence-corrected chi connectivity index (χ0v) is 19.9. The van der Waals surface area contributed by atoms with Crippen molar-refractivity contribution in [1.82, 2.24) is 4.57 Å². The number of aromatic nitrogens is 1. The fraction of sp³-hybridized carbons (Fsp3) is 0.444. The van der Waals surface area contributed by atoms with Crippen LogP contribution in [0, 0.1) is 5.92 Å². The van der Waals surface area contributed by atoms with Crippen molar-refractivity contribution in [3.05, 3.63) is 53.7 Å². The summed E-state index contributed by atoms with van der Waals surface area (Å²) in [6.07, 6.45) is 1.60. The largest absolute Gasteiger partial charge is 0.454 e. The van der Waals surface area contributed by atoms with Gasteiger partial charge >= 0.3 is 0 Å². The number of hydrogen-bond acceptors (Lipinski definition) is 5. The summed E-state index contributed by atoms with van der Waals surface area (Å²) in [5, 5.41) is 23.4. The van der Waals surface area contributed by atoms with Gasteiger partial charge in [-0.05, 0) is 54.8 Å². The van der Waals surface area contributed by atoms with Crippen molar-refractivity contribution in [2.24, 2.45) is 5.92 Å². The lowest BCUT2D eigenvalue weighted by atomic mass is 9.91. The Morgan fingerprint density at radius 1 is 1.09 bits per heavy atom. The predicted octanol–water partition coefficient (Wildman–Crippen LogP) is 4.43. The van der Waals surface area contributed by atoms with Crippen molar-refractivity contribution in [1.29, 1.82) is 0 Å². The van der Waals surface area contributed by atoms with E-state index in [-0.39, 0.29) is 40.1 Å². The van der Waals surface area contributed by atoms with Gasteiger partial charge in [0.1, 0.15) is 0 Å². The van der Waals surface area contributed by atoms with Gasteiger partial charge in [-0.25, -0.2) is 0 Å². The van der Waals surface area contributed by atoms with E-state index in [2.05, 4.69) is 36.7 Å². The molecule has 1 amide bonds. The molecule has 0 bridgehead atoms. The molecule has 0 radical (unpaired) electrons. The first kappa shape index (κ1) is 22.7. The van der Waals surface area contributed by atoms with Crippen LogP contribution in [0.4, 0.5) is 5.69 Å². The number of nitrogens with one attached hydrogen (secondary N) is 1. The van der Waals surface area contributed by atoms with Gasteiger partial charge < -0.3 is 29.6 Å². The van der Waals surface area contributed by atoms with Crippen molar-refractivity contribution in [3.8, 4) is 11.5 Å². The van der Waals surface area contributed by atoms with Crippen LogP contribution in [0.15, 0.2) is 42.5 Å². The molecular weight excluding hydrogens is 432 g/mol. The van der Waals surface area contributed by atoms with E-state index in [0.29, 0.717) is 18.0 Å². The number of benzene rings is 2. The molecule has 1 aliphatic carbocycles. The Morgan fingerprint density at radius 2 is 1.82 bits per heavy atom. The number of aliphatic hydroxyl groups excluding tert-OH is 2. The zero-order chi connectivity index (χ0) is 24.1. The molecule has 34 heavy (non-hydrogen) atoms. The maximum atomic E-state index is 13.3. The number of carbonyl (C=O) groups excluding carboxylic acids is 1. The van der Waals surface area contributed by atoms with E-state index in [1.807, 2.05) is 36.4 Å². The van der Waals surface area contributed by atoms with Gasteiger partial charge in [0.15, 0.2) is 11.5 Å². The monoisotopic (exact) mass is 468 g/mol. The van der Waals surface area contributed by atoms with Crippen molar-refractivity contribution in [2.75, 3.05) is 25.3 Å². The lowest BCUT2D eigenvalue weighted by Gasteiger charge is -2.24. The Morgan fingerprint density at radius 3 is 2.50 bits per heavy atom. The first-order valence-electron chi connectivity index (χ1n) is 11.8. The van der Waals surface area contributed by atoms with Gasteiger partial charge in [0, 0.05) is 56.2 Å². The highest BCUT2D eigenvalue weighted by Crippen LogP contribution is 2.51. The minimum absolute atomic E-state index is 0. The highest BCUT2D eigenvalue weighted by atomic mass is 16.7. The van der Waals surface area contributed by atoms with E-state index in [1.54, 1.807) is 0 Å². The molecule has 7 heteroatoms. The van der Waals surface area contributed by atoms with Crippen LogP contribution in [0.1, 0.15) is 47.7 Å². The molecule has 3 N–H and O–H groups in total. The number of rotatable bonds is 7. The molecule has 1 aromatic heterocycles. The molecule has 7 nitrogen and oxygen atoms in total. The number of aliphatic hydroxyl groups is 2. The van der Waals surface area contributed by atoms with Crippen molar-refractivity contribution >= 4 is 22.5 Å². The van der Waals surface area contributed by atoms with Crippen molar-refractivity contribution in [2.45, 2.75) is 51.0 Å². The topological polar surface area (TPSA) is 93.0 Å². The van der Waals surface area contributed by atoms with Crippen LogP contribution in [0.5, 0.6) is 11.5 Å². The quantitative estimate of drug-likeness (QED) is 0.477. The van der Waals surface area contributed by atoms with Crippen LogP contribution in [-0.4, -0.2) is 40.7 Å². The van der Waals surface area contributed by atoms with Gasteiger partial charge in [0.05, 0.1) is 5.41 Å². The van der Waals surface area contributed by atoms with Crippen molar-refractivity contribution in [3.63, 3.8) is 0 Å². The normalized spacial score (nSPS) is 16.3. The standard InChI is InChI=1S/C27H32N2O5.2H2/c1-26(2,3)24-11-18-10-20(5-6-21(18)29(24)13-17(14-30)15-31)28-25(32)27(8-9-27)19-4-7-22-23(12-19)34-16-33-22;;/h4-7,10-12,17,30-31H,8-9,13-16H2,1-3H3,(H,28,32);2*1H. The molecule has 2 aliphatic rings. The first-order valence-corrected chi connectivity index (χ1v) is 11.8. The molecule has 0 unspecified atom stereocenters. The summed E-state index contributed by atoms with van der Waals surface area (Å²) in [7, 11) is 0. The minimum Gasteiger partial charge on any atom is -0.454 e. The second-order valence-corrected chi connectivity index (χ2v) is 10.5. The third kappa shape index (κ3) is 3.93. The van der Waals surface area contributed by atoms with Crippen LogP contribution in [0.25, 0.3) is 10.9 Å². The fourth-order valence-electron chi connectivity index (χ4n) is 4.81. The molecule has 1 aliphatic heterocycles. The van der Waals surface area contributed by atoms with Crippen LogP contribution in [0.2, 0.25) is 0 Å². The van der Waals surface area contributed by atoms with Gasteiger partial charge in [0.2, 0.25) is 12.7 Å². The summed E-state index contributed by atoms with van der Waals surface area (Å²) in [6.45, 7) is 7.04. The van der Waals surface area contributed by atoms with Gasteiger partial charge in [-0.15, -0.1) is 0 Å². The van der Waals surface area contributed by atoms with Crippen LogP contribution < -0.4 is 14.8 Å². The molecule has 5 rings (SSSR count). The van der Waals surface area contributed by atoms with E-state index in [9.17, 15) is 15.0 Å². The molecule has 184 valence electrons. The molecule has 0 atom stereocenters. The number of carbonyl (C=O) groups is 1. The van der Waals surface area contributed by atoms with E-state index in [1.165, 1.54) is 0 Å². The summed E-state index contributed by atoms with van der Waals surface area (Å²) in [6, 6.07) is 13.8. The average Bonchev–Trinajstić information content (AvgIpc) is 3.35. The first-order chi connectivity index (χ1) is 16.2. The Labute approximate surface area is 202 Å². The number of anilines is 1. The third-order valence-electron chi connectivity index (χ3n) is 6.99. The molecule has 1 fully saturated rings. The molecule has 2 aromatic carbocycles. The minimum atomic E-state index is -0.534. The third-order valence-corrected chi connectivity index (χ3v) is 6.99. The Hall–Kier alpha value is -3.03. The number of ether oxygens (including phenoxy) is 2. The van der Waals surface area contributed by atoms with Gasteiger partial charge in [0.25, 0.3) is 0 Å². The lowest BCUT2D eigenvalue weighted by molar-refractivity contribution is -0.118. The Bertz CT molecular complexity index is 1240. The summed E-state index contributed by atoms with van der Waals surface area (Å²) in [4.78, 5) is 13.3. The maximum absolute atomic E-state index is 13.3. The van der Waals surface area contributed by atoms with Crippen LogP contribution >= 0.6 is 0 Å². The Kier molecular flexibility index (Phi) is 5.57. The summed E-state index contributed by atoms with van der Waals surface area (Å²) >= 11 is 0. The Balaban J connectivity index is 0.00000180. The van der Waals surface area contributed by atoms with Crippen LogP contribution in [-0.2, 0) is 22.2 Å². The van der Waals surface area contributed by atoms with E-state index in [0.717, 1.165) is 40.7 Å². The molecule has 2 heterocycles. The smallest absolute Gasteiger partial charge is 0.235 e.